The van der Waals surface area contributed by atoms with Crippen LogP contribution in [-0.2, 0) is 4.74 Å². The molecule has 1 aromatic carbocycles. The lowest BCUT2D eigenvalue weighted by atomic mass is 9.93. The molecule has 0 amide bonds. The minimum atomic E-state index is 0.344. The molecule has 0 radical (unpaired) electrons. The molecular weight excluding hydrogens is 438 g/mol. The van der Waals surface area contributed by atoms with Crippen molar-refractivity contribution in [1.82, 2.24) is 25.3 Å². The molecule has 0 aliphatic carbocycles. The van der Waals surface area contributed by atoms with Crippen molar-refractivity contribution in [3.05, 3.63) is 30.0 Å². The van der Waals surface area contributed by atoms with Gasteiger partial charge in [-0.15, -0.1) is 0 Å². The van der Waals surface area contributed by atoms with E-state index in [0.29, 0.717) is 35.7 Å². The Morgan fingerprint density at radius 2 is 1.79 bits per heavy atom. The number of likely N-dealkylation sites (tertiary alicyclic amines) is 1. The first-order chi connectivity index (χ1) is 16.1. The normalized spacial score (nSPS) is 17.9. The zero-order chi connectivity index (χ0) is 22.8. The molecule has 9 nitrogen and oxygen atoms in total. The van der Waals surface area contributed by atoms with E-state index >= 15 is 0 Å². The van der Waals surface area contributed by atoms with Gasteiger partial charge in [0.2, 0.25) is 5.58 Å². The van der Waals surface area contributed by atoms with Gasteiger partial charge in [0, 0.05) is 37.3 Å². The first-order valence-electron chi connectivity index (χ1n) is 11.4. The lowest BCUT2D eigenvalue weighted by Crippen LogP contribution is -2.37. The third kappa shape index (κ3) is 4.64. The van der Waals surface area contributed by atoms with E-state index in [4.69, 9.17) is 31.4 Å². The van der Waals surface area contributed by atoms with Gasteiger partial charge in [0.05, 0.1) is 13.2 Å². The molecule has 0 atom stereocenters. The Labute approximate surface area is 198 Å². The van der Waals surface area contributed by atoms with Crippen LogP contribution >= 0.6 is 12.2 Å². The predicted octanol–water partition coefficient (Wildman–Crippen LogP) is 2.85. The highest BCUT2D eigenvalue weighted by Crippen LogP contribution is 2.36. The van der Waals surface area contributed by atoms with Crippen molar-refractivity contribution in [3.63, 3.8) is 0 Å². The second kappa shape index (κ2) is 9.58. The Kier molecular flexibility index (Phi) is 6.39. The summed E-state index contributed by atoms with van der Waals surface area (Å²) in [4.78, 5) is 14.5. The molecule has 2 aromatic heterocycles. The van der Waals surface area contributed by atoms with Gasteiger partial charge in [0.25, 0.3) is 0 Å². The van der Waals surface area contributed by atoms with Crippen molar-refractivity contribution in [2.45, 2.75) is 18.8 Å². The topological polar surface area (TPSA) is 91.6 Å². The Morgan fingerprint density at radius 3 is 2.48 bits per heavy atom. The van der Waals surface area contributed by atoms with Crippen LogP contribution in [0.3, 0.4) is 0 Å². The molecule has 10 heteroatoms. The van der Waals surface area contributed by atoms with Gasteiger partial charge in [-0.25, -0.2) is 9.97 Å². The number of rotatable bonds is 4. The number of ether oxygens (including phenoxy) is 1. The number of benzene rings is 1. The Hall–Kier alpha value is -2.82. The molecule has 0 saturated carbocycles. The molecule has 2 N–H and O–H groups in total. The summed E-state index contributed by atoms with van der Waals surface area (Å²) in [7, 11) is 3.95. The second-order valence-electron chi connectivity index (χ2n) is 8.57. The van der Waals surface area contributed by atoms with Crippen LogP contribution < -0.4 is 15.5 Å². The van der Waals surface area contributed by atoms with Gasteiger partial charge in [-0.1, -0.05) is 5.16 Å². The van der Waals surface area contributed by atoms with Crippen LogP contribution in [0.2, 0.25) is 0 Å². The molecule has 2 saturated heterocycles. The fourth-order valence-corrected chi connectivity index (χ4v) is 4.52. The zero-order valence-electron chi connectivity index (χ0n) is 19.0. The number of aromatic nitrogens is 3. The first kappa shape index (κ1) is 22.0. The molecule has 174 valence electrons. The largest absolute Gasteiger partial charge is 0.378 e. The molecule has 0 spiro atoms. The van der Waals surface area contributed by atoms with Crippen LogP contribution in [0.5, 0.6) is 0 Å². The third-order valence-electron chi connectivity index (χ3n) is 6.37. The number of morpholine rings is 1. The van der Waals surface area contributed by atoms with E-state index in [2.05, 4.69) is 32.6 Å². The van der Waals surface area contributed by atoms with E-state index < -0.39 is 0 Å². The summed E-state index contributed by atoms with van der Waals surface area (Å²) >= 11 is 5.20. The van der Waals surface area contributed by atoms with Crippen LogP contribution in [-0.4, -0.2) is 78.6 Å². The third-order valence-corrected chi connectivity index (χ3v) is 6.68. The maximum Gasteiger partial charge on any atom is 0.227 e. The van der Waals surface area contributed by atoms with E-state index in [9.17, 15) is 0 Å². The molecule has 5 rings (SSSR count). The van der Waals surface area contributed by atoms with Crippen molar-refractivity contribution < 1.29 is 9.26 Å². The lowest BCUT2D eigenvalue weighted by molar-refractivity contribution is 0.122. The van der Waals surface area contributed by atoms with Gasteiger partial charge in [-0.05, 0) is 69.5 Å². The Morgan fingerprint density at radius 1 is 1.06 bits per heavy atom. The van der Waals surface area contributed by atoms with Crippen molar-refractivity contribution >= 4 is 39.9 Å². The summed E-state index contributed by atoms with van der Waals surface area (Å²) in [6, 6.07) is 7.97. The quantitative estimate of drug-likeness (QED) is 0.558. The monoisotopic (exact) mass is 467 g/mol. The molecule has 4 heterocycles. The highest BCUT2D eigenvalue weighted by atomic mass is 32.1. The fraction of sp³-hybridized carbons (Fsp3) is 0.478. The maximum atomic E-state index is 5.88. The van der Waals surface area contributed by atoms with Gasteiger partial charge in [-0.3, -0.25) is 0 Å². The summed E-state index contributed by atoms with van der Waals surface area (Å²) in [6.45, 7) is 4.97. The summed E-state index contributed by atoms with van der Waals surface area (Å²) < 4.78 is 11.4. The first-order valence-corrected chi connectivity index (χ1v) is 11.8. The van der Waals surface area contributed by atoms with E-state index in [-0.39, 0.29) is 0 Å². The highest BCUT2D eigenvalue weighted by molar-refractivity contribution is 7.80. The van der Waals surface area contributed by atoms with E-state index in [1.54, 1.807) is 7.05 Å². The van der Waals surface area contributed by atoms with Gasteiger partial charge in [-0.2, -0.15) is 0 Å². The maximum absolute atomic E-state index is 5.88. The van der Waals surface area contributed by atoms with Crippen molar-refractivity contribution in [2.75, 3.05) is 63.7 Å². The molecule has 0 unspecified atom stereocenters. The number of hydrogen-bond donors (Lipinski definition) is 2. The minimum Gasteiger partial charge on any atom is -0.378 e. The van der Waals surface area contributed by atoms with Crippen LogP contribution in [0.4, 0.5) is 11.5 Å². The summed E-state index contributed by atoms with van der Waals surface area (Å²) in [5, 5.41) is 11.1. The lowest BCUT2D eigenvalue weighted by Gasteiger charge is -2.28. The molecule has 2 aliphatic rings. The fourth-order valence-electron chi connectivity index (χ4n) is 4.40. The standard InChI is InChI=1S/C23H29N7O2S/c1-24-23(33)25-17-5-3-16(4-6-17)21-26-19-18(15-7-9-29(2)10-8-15)28-32-20(19)22(27-21)30-11-13-31-14-12-30/h3-6,15H,7-14H2,1-2H3,(H2,24,25,33). The van der Waals surface area contributed by atoms with E-state index in [0.717, 1.165) is 67.3 Å². The van der Waals surface area contributed by atoms with Crippen LogP contribution in [0, 0.1) is 0 Å². The van der Waals surface area contributed by atoms with Gasteiger partial charge < -0.3 is 29.7 Å². The van der Waals surface area contributed by atoms with Gasteiger partial charge >= 0.3 is 0 Å². The molecule has 3 aromatic rings. The number of thiocarbonyl (C=S) groups is 1. The Balaban J connectivity index is 1.55. The number of piperidine rings is 1. The van der Waals surface area contributed by atoms with Gasteiger partial charge in [0.15, 0.2) is 16.8 Å². The number of hydrogen-bond acceptors (Lipinski definition) is 8. The number of fused-ring (bicyclic) bond motifs is 1. The summed E-state index contributed by atoms with van der Waals surface area (Å²) in [5.74, 6) is 1.81. The SMILES string of the molecule is CNC(=S)Nc1ccc(-c2nc(N3CCOCC3)c3onc(C4CCN(C)CC4)c3n2)cc1. The van der Waals surface area contributed by atoms with Crippen LogP contribution in [0.1, 0.15) is 24.5 Å². The smallest absolute Gasteiger partial charge is 0.227 e. The van der Waals surface area contributed by atoms with Crippen LogP contribution in [0.25, 0.3) is 22.5 Å². The van der Waals surface area contributed by atoms with E-state index in [1.807, 2.05) is 24.3 Å². The molecule has 2 fully saturated rings. The average Bonchev–Trinajstić information content (AvgIpc) is 3.29. The second-order valence-corrected chi connectivity index (χ2v) is 8.98. The minimum absolute atomic E-state index is 0.344. The van der Waals surface area contributed by atoms with Crippen molar-refractivity contribution in [3.8, 4) is 11.4 Å². The van der Waals surface area contributed by atoms with Crippen LogP contribution in [0.15, 0.2) is 28.8 Å². The highest BCUT2D eigenvalue weighted by Gasteiger charge is 2.28. The zero-order valence-corrected chi connectivity index (χ0v) is 19.8. The van der Waals surface area contributed by atoms with Crippen molar-refractivity contribution in [2.24, 2.45) is 0 Å². The predicted molar refractivity (Wildman–Crippen MR) is 133 cm³/mol. The molecule has 0 bridgehead atoms. The number of nitrogens with one attached hydrogen (secondary N) is 2. The molecule has 33 heavy (non-hydrogen) atoms. The molecular formula is C23H29N7O2S. The van der Waals surface area contributed by atoms with E-state index in [1.165, 1.54) is 0 Å². The number of anilines is 2. The van der Waals surface area contributed by atoms with Gasteiger partial charge in [0.1, 0.15) is 11.2 Å². The Bertz CT molecular complexity index is 1120. The summed E-state index contributed by atoms with van der Waals surface area (Å²) in [6.07, 6.45) is 2.10. The summed E-state index contributed by atoms with van der Waals surface area (Å²) in [5.41, 5.74) is 4.29. The average molecular weight is 468 g/mol. The van der Waals surface area contributed by atoms with Crippen molar-refractivity contribution in [1.29, 1.82) is 0 Å². The number of nitrogens with zero attached hydrogens (tertiary/aromatic N) is 5. The molecule has 2 aliphatic heterocycles.